The van der Waals surface area contributed by atoms with Crippen LogP contribution in [0.4, 0.5) is 5.69 Å². The van der Waals surface area contributed by atoms with Crippen LogP contribution in [-0.4, -0.2) is 39.8 Å². The second-order valence-corrected chi connectivity index (χ2v) is 4.04. The summed E-state index contributed by atoms with van der Waals surface area (Å²) in [6, 6.07) is 7.14. The van der Waals surface area contributed by atoms with Crippen molar-refractivity contribution in [2.45, 2.75) is 12.5 Å². The van der Waals surface area contributed by atoms with Crippen LogP contribution in [0.1, 0.15) is 6.42 Å². The van der Waals surface area contributed by atoms with Crippen molar-refractivity contribution in [3.63, 3.8) is 0 Å². The number of anilines is 1. The molecule has 0 saturated heterocycles. The third-order valence-corrected chi connectivity index (χ3v) is 2.77. The van der Waals surface area contributed by atoms with Crippen molar-refractivity contribution in [1.29, 1.82) is 0 Å². The van der Waals surface area contributed by atoms with Gasteiger partial charge in [0, 0.05) is 25.3 Å². The van der Waals surface area contributed by atoms with Gasteiger partial charge in [0.25, 0.3) is 0 Å². The Morgan fingerprint density at radius 2 is 2.17 bits per heavy atom. The van der Waals surface area contributed by atoms with Crippen LogP contribution in [0.3, 0.4) is 0 Å². The van der Waals surface area contributed by atoms with E-state index in [4.69, 9.17) is 10.5 Å². The van der Waals surface area contributed by atoms with Gasteiger partial charge in [-0.2, -0.15) is 0 Å². The van der Waals surface area contributed by atoms with Crippen LogP contribution >= 0.6 is 0 Å². The number of esters is 1. The Bertz CT molecular complexity index is 396. The average Bonchev–Trinajstić information content (AvgIpc) is 2.43. The van der Waals surface area contributed by atoms with E-state index in [0.29, 0.717) is 13.0 Å². The lowest BCUT2D eigenvalue weighted by atomic mass is 10.2. The van der Waals surface area contributed by atoms with Crippen molar-refractivity contribution in [3.05, 3.63) is 24.3 Å². The van der Waals surface area contributed by atoms with Crippen LogP contribution < -0.4 is 15.4 Å². The van der Waals surface area contributed by atoms with E-state index in [2.05, 4.69) is 4.74 Å². The molecule has 0 radical (unpaired) electrons. The van der Waals surface area contributed by atoms with Crippen molar-refractivity contribution in [2.24, 2.45) is 5.73 Å². The molecular formula is C13H20N2O3. The Balaban J connectivity index is 2.54. The van der Waals surface area contributed by atoms with Gasteiger partial charge in [-0.15, -0.1) is 0 Å². The van der Waals surface area contributed by atoms with E-state index in [-0.39, 0.29) is 5.97 Å². The third kappa shape index (κ3) is 3.92. The summed E-state index contributed by atoms with van der Waals surface area (Å²) in [5.74, 6) is 0.422. The number of carbonyl (C=O) groups excluding carboxylic acids is 1. The number of nitrogens with zero attached hydrogens (tertiary/aromatic N) is 1. The highest BCUT2D eigenvalue weighted by Crippen LogP contribution is 2.19. The molecule has 0 aliphatic carbocycles. The number of benzene rings is 1. The van der Waals surface area contributed by atoms with Crippen molar-refractivity contribution >= 4 is 11.7 Å². The predicted molar refractivity (Wildman–Crippen MR) is 70.9 cm³/mol. The Morgan fingerprint density at radius 3 is 2.78 bits per heavy atom. The maximum absolute atomic E-state index is 11.2. The van der Waals surface area contributed by atoms with Gasteiger partial charge in [-0.3, -0.25) is 4.79 Å². The molecular weight excluding hydrogens is 232 g/mol. The summed E-state index contributed by atoms with van der Waals surface area (Å²) in [6.45, 7) is 0.670. The van der Waals surface area contributed by atoms with E-state index >= 15 is 0 Å². The zero-order valence-electron chi connectivity index (χ0n) is 11.1. The summed E-state index contributed by atoms with van der Waals surface area (Å²) in [4.78, 5) is 13.2. The third-order valence-electron chi connectivity index (χ3n) is 2.77. The van der Waals surface area contributed by atoms with Crippen LogP contribution in [0, 0.1) is 0 Å². The summed E-state index contributed by atoms with van der Waals surface area (Å²) >= 11 is 0. The lowest BCUT2D eigenvalue weighted by molar-refractivity contribution is -0.142. The number of ether oxygens (including phenoxy) is 2. The van der Waals surface area contributed by atoms with Crippen molar-refractivity contribution in [2.75, 3.05) is 32.7 Å². The smallest absolute Gasteiger partial charge is 0.322 e. The minimum atomic E-state index is -0.581. The van der Waals surface area contributed by atoms with E-state index < -0.39 is 6.04 Å². The molecule has 0 spiro atoms. The molecule has 0 aliphatic heterocycles. The summed E-state index contributed by atoms with van der Waals surface area (Å²) in [6.07, 6.45) is 0.542. The van der Waals surface area contributed by atoms with Gasteiger partial charge < -0.3 is 20.1 Å². The number of hydrogen-bond acceptors (Lipinski definition) is 5. The normalized spacial score (nSPS) is 11.8. The van der Waals surface area contributed by atoms with Crippen molar-refractivity contribution < 1.29 is 14.3 Å². The van der Waals surface area contributed by atoms with Gasteiger partial charge >= 0.3 is 5.97 Å². The molecule has 18 heavy (non-hydrogen) atoms. The molecule has 1 unspecified atom stereocenters. The fourth-order valence-electron chi connectivity index (χ4n) is 1.58. The molecule has 5 nitrogen and oxygen atoms in total. The van der Waals surface area contributed by atoms with Crippen LogP contribution in [0.2, 0.25) is 0 Å². The lowest BCUT2D eigenvalue weighted by Crippen LogP contribution is -2.35. The van der Waals surface area contributed by atoms with Crippen LogP contribution in [-0.2, 0) is 9.53 Å². The first-order valence-corrected chi connectivity index (χ1v) is 5.77. The first-order chi connectivity index (χ1) is 8.58. The van der Waals surface area contributed by atoms with E-state index in [9.17, 15) is 4.79 Å². The van der Waals surface area contributed by atoms with Crippen LogP contribution in [0.25, 0.3) is 0 Å². The zero-order chi connectivity index (χ0) is 13.5. The molecule has 1 atom stereocenters. The number of carbonyl (C=O) groups is 1. The maximum Gasteiger partial charge on any atom is 0.322 e. The second-order valence-electron chi connectivity index (χ2n) is 4.04. The second kappa shape index (κ2) is 6.86. The predicted octanol–water partition coefficient (Wildman–Crippen LogP) is 1.02. The molecule has 0 heterocycles. The van der Waals surface area contributed by atoms with Crippen molar-refractivity contribution in [3.8, 4) is 5.75 Å². The van der Waals surface area contributed by atoms with Gasteiger partial charge in [-0.1, -0.05) is 6.07 Å². The molecule has 0 aliphatic rings. The molecule has 0 bridgehead atoms. The minimum absolute atomic E-state index is 0.381. The van der Waals surface area contributed by atoms with Gasteiger partial charge in [0.2, 0.25) is 0 Å². The zero-order valence-corrected chi connectivity index (χ0v) is 11.1. The SMILES string of the molecule is COC(=O)C(N)CCN(C)c1cccc(OC)c1. The van der Waals surface area contributed by atoms with Crippen molar-refractivity contribution in [1.82, 2.24) is 0 Å². The summed E-state index contributed by atoms with van der Waals surface area (Å²) < 4.78 is 9.74. The number of rotatable bonds is 6. The van der Waals surface area contributed by atoms with E-state index in [1.54, 1.807) is 7.11 Å². The van der Waals surface area contributed by atoms with Gasteiger partial charge in [0.15, 0.2) is 0 Å². The van der Waals surface area contributed by atoms with Gasteiger partial charge in [-0.25, -0.2) is 0 Å². The quantitative estimate of drug-likeness (QED) is 0.766. The highest BCUT2D eigenvalue weighted by atomic mass is 16.5. The van der Waals surface area contributed by atoms with E-state index in [1.165, 1.54) is 7.11 Å². The summed E-state index contributed by atoms with van der Waals surface area (Å²) in [5, 5.41) is 0. The Hall–Kier alpha value is -1.75. The first-order valence-electron chi connectivity index (χ1n) is 5.77. The topological polar surface area (TPSA) is 64.8 Å². The molecule has 0 amide bonds. The monoisotopic (exact) mass is 252 g/mol. The van der Waals surface area contributed by atoms with Crippen LogP contribution in [0.15, 0.2) is 24.3 Å². The molecule has 1 aromatic carbocycles. The van der Waals surface area contributed by atoms with E-state index in [1.807, 2.05) is 36.2 Å². The highest BCUT2D eigenvalue weighted by molar-refractivity contribution is 5.75. The van der Waals surface area contributed by atoms with Gasteiger partial charge in [0.05, 0.1) is 14.2 Å². The molecule has 0 aromatic heterocycles. The molecule has 100 valence electrons. The summed E-state index contributed by atoms with van der Waals surface area (Å²) in [7, 11) is 4.92. The standard InChI is InChI=1S/C13H20N2O3/c1-15(8-7-12(14)13(16)18-3)10-5-4-6-11(9-10)17-2/h4-6,9,12H,7-8,14H2,1-3H3. The first kappa shape index (κ1) is 14.3. The Morgan fingerprint density at radius 1 is 1.44 bits per heavy atom. The minimum Gasteiger partial charge on any atom is -0.497 e. The van der Waals surface area contributed by atoms with E-state index in [0.717, 1.165) is 11.4 Å². The largest absolute Gasteiger partial charge is 0.497 e. The van der Waals surface area contributed by atoms with Crippen LogP contribution in [0.5, 0.6) is 5.75 Å². The molecule has 5 heteroatoms. The van der Waals surface area contributed by atoms with Gasteiger partial charge in [-0.05, 0) is 18.6 Å². The molecule has 0 saturated carbocycles. The molecule has 0 fully saturated rings. The average molecular weight is 252 g/mol. The summed E-state index contributed by atoms with van der Waals surface area (Å²) in [5.41, 5.74) is 6.70. The fourth-order valence-corrected chi connectivity index (χ4v) is 1.58. The maximum atomic E-state index is 11.2. The Kier molecular flexibility index (Phi) is 5.45. The molecule has 2 N–H and O–H groups in total. The van der Waals surface area contributed by atoms with Gasteiger partial charge in [0.1, 0.15) is 11.8 Å². The number of hydrogen-bond donors (Lipinski definition) is 1. The number of methoxy groups -OCH3 is 2. The fraction of sp³-hybridized carbons (Fsp3) is 0.462. The number of nitrogens with two attached hydrogens (primary N) is 1. The highest BCUT2D eigenvalue weighted by Gasteiger charge is 2.14. The molecule has 1 aromatic rings. The Labute approximate surface area is 107 Å². The lowest BCUT2D eigenvalue weighted by Gasteiger charge is -2.21. The molecule has 1 rings (SSSR count).